The van der Waals surface area contributed by atoms with Crippen molar-refractivity contribution >= 4 is 32.8 Å². The fourth-order valence-corrected chi connectivity index (χ4v) is 5.77. The van der Waals surface area contributed by atoms with Crippen molar-refractivity contribution in [3.05, 3.63) is 42.0 Å². The highest BCUT2D eigenvalue weighted by Crippen LogP contribution is 2.38. The van der Waals surface area contributed by atoms with Gasteiger partial charge in [0.2, 0.25) is 16.8 Å². The zero-order valence-corrected chi connectivity index (χ0v) is 15.3. The van der Waals surface area contributed by atoms with Gasteiger partial charge >= 0.3 is 0 Å². The van der Waals surface area contributed by atoms with E-state index >= 15 is 0 Å². The molecular formula is C17H15N3O4S2. The Hall–Kier alpha value is -2.23. The van der Waals surface area contributed by atoms with Crippen LogP contribution in [0.25, 0.3) is 11.0 Å². The summed E-state index contributed by atoms with van der Waals surface area (Å²) in [6.45, 7) is 1.15. The Balaban J connectivity index is 1.44. The molecule has 1 aromatic heterocycles. The van der Waals surface area contributed by atoms with Gasteiger partial charge in [-0.2, -0.15) is 13.1 Å². The largest absolute Gasteiger partial charge is 0.454 e. The molecular weight excluding hydrogens is 374 g/mol. The van der Waals surface area contributed by atoms with E-state index in [4.69, 9.17) is 9.47 Å². The SMILES string of the molecule is O=S(=O)(c1cccc2nsnc12)N1CC[C@H](c2ccc3c(c2)OCO3)C1. The first-order valence-corrected chi connectivity index (χ1v) is 10.4. The molecule has 0 aliphatic carbocycles. The van der Waals surface area contributed by atoms with E-state index in [0.717, 1.165) is 35.2 Å². The fraction of sp³-hybridized carbons (Fsp3) is 0.294. The standard InChI is InChI=1S/C17H15N3O4S2/c21-26(22,16-3-1-2-13-17(16)19-25-18-13)20-7-6-12(9-20)11-4-5-14-15(8-11)24-10-23-14/h1-5,8,12H,6-7,9-10H2/t12-/m0/s1. The second-order valence-electron chi connectivity index (χ2n) is 6.35. The van der Waals surface area contributed by atoms with Gasteiger partial charge in [0.15, 0.2) is 11.5 Å². The monoisotopic (exact) mass is 389 g/mol. The summed E-state index contributed by atoms with van der Waals surface area (Å²) in [5.41, 5.74) is 2.13. The van der Waals surface area contributed by atoms with Gasteiger partial charge in [-0.25, -0.2) is 8.42 Å². The van der Waals surface area contributed by atoms with Crippen molar-refractivity contribution < 1.29 is 17.9 Å². The van der Waals surface area contributed by atoms with Crippen LogP contribution in [0.5, 0.6) is 11.5 Å². The second kappa shape index (κ2) is 5.90. The third-order valence-electron chi connectivity index (χ3n) is 4.89. The van der Waals surface area contributed by atoms with Gasteiger partial charge in [-0.3, -0.25) is 0 Å². The Labute approximate surface area is 154 Å². The summed E-state index contributed by atoms with van der Waals surface area (Å²) in [5.74, 6) is 1.59. The summed E-state index contributed by atoms with van der Waals surface area (Å²) in [6, 6.07) is 10.9. The first-order chi connectivity index (χ1) is 12.6. The zero-order valence-electron chi connectivity index (χ0n) is 13.7. The van der Waals surface area contributed by atoms with Crippen molar-refractivity contribution in [1.82, 2.24) is 13.1 Å². The average molecular weight is 389 g/mol. The normalized spacial score (nSPS) is 20.1. The summed E-state index contributed by atoms with van der Waals surface area (Å²) in [7, 11) is -3.61. The molecule has 9 heteroatoms. The molecule has 1 saturated heterocycles. The molecule has 0 bridgehead atoms. The van der Waals surface area contributed by atoms with Crippen molar-refractivity contribution in [2.75, 3.05) is 19.9 Å². The van der Waals surface area contributed by atoms with E-state index in [2.05, 4.69) is 8.75 Å². The van der Waals surface area contributed by atoms with Gasteiger partial charge in [0, 0.05) is 13.1 Å². The maximum absolute atomic E-state index is 13.1. The van der Waals surface area contributed by atoms with Crippen molar-refractivity contribution in [2.45, 2.75) is 17.2 Å². The van der Waals surface area contributed by atoms with Crippen molar-refractivity contribution in [3.63, 3.8) is 0 Å². The van der Waals surface area contributed by atoms with Crippen molar-refractivity contribution in [3.8, 4) is 11.5 Å². The number of rotatable bonds is 3. The van der Waals surface area contributed by atoms with E-state index in [1.807, 2.05) is 18.2 Å². The number of ether oxygens (including phenoxy) is 2. The first-order valence-electron chi connectivity index (χ1n) is 8.24. The van der Waals surface area contributed by atoms with Gasteiger partial charge in [-0.05, 0) is 42.2 Å². The molecule has 0 radical (unpaired) electrons. The number of hydrogen-bond acceptors (Lipinski definition) is 7. The first kappa shape index (κ1) is 16.0. The highest BCUT2D eigenvalue weighted by molar-refractivity contribution is 7.89. The van der Waals surface area contributed by atoms with Gasteiger partial charge in [0.25, 0.3) is 0 Å². The van der Waals surface area contributed by atoms with Crippen LogP contribution in [0, 0.1) is 0 Å². The number of aromatic nitrogens is 2. The van der Waals surface area contributed by atoms with E-state index in [0.29, 0.717) is 24.1 Å². The molecule has 3 aromatic rings. The molecule has 2 aliphatic heterocycles. The zero-order chi connectivity index (χ0) is 17.7. The number of fused-ring (bicyclic) bond motifs is 2. The Bertz CT molecular complexity index is 1100. The molecule has 3 heterocycles. The van der Waals surface area contributed by atoms with Crippen LogP contribution in [-0.2, 0) is 10.0 Å². The van der Waals surface area contributed by atoms with E-state index in [9.17, 15) is 8.42 Å². The lowest BCUT2D eigenvalue weighted by atomic mass is 9.98. The molecule has 1 fully saturated rings. The van der Waals surface area contributed by atoms with E-state index in [1.54, 1.807) is 18.2 Å². The van der Waals surface area contributed by atoms with Crippen LogP contribution in [0.4, 0.5) is 0 Å². The third kappa shape index (κ3) is 2.46. The molecule has 0 unspecified atom stereocenters. The number of hydrogen-bond donors (Lipinski definition) is 0. The minimum Gasteiger partial charge on any atom is -0.454 e. The summed E-state index contributed by atoms with van der Waals surface area (Å²) in [5, 5.41) is 0. The lowest BCUT2D eigenvalue weighted by Crippen LogP contribution is -2.28. The maximum atomic E-state index is 13.1. The van der Waals surface area contributed by atoms with Gasteiger partial charge in [0.05, 0.1) is 11.7 Å². The molecule has 0 spiro atoms. The van der Waals surface area contributed by atoms with Crippen LogP contribution < -0.4 is 9.47 Å². The number of benzene rings is 2. The predicted octanol–water partition coefficient (Wildman–Crippen LogP) is 2.60. The third-order valence-corrected chi connectivity index (χ3v) is 7.33. The van der Waals surface area contributed by atoms with Crippen LogP contribution in [0.1, 0.15) is 17.9 Å². The van der Waals surface area contributed by atoms with Crippen LogP contribution in [-0.4, -0.2) is 41.4 Å². The topological polar surface area (TPSA) is 81.6 Å². The smallest absolute Gasteiger partial charge is 0.245 e. The molecule has 0 N–H and O–H groups in total. The fourth-order valence-electron chi connectivity index (χ4n) is 3.51. The van der Waals surface area contributed by atoms with E-state index in [-0.39, 0.29) is 17.6 Å². The predicted molar refractivity (Wildman–Crippen MR) is 96.1 cm³/mol. The Morgan fingerprint density at radius 3 is 2.92 bits per heavy atom. The maximum Gasteiger partial charge on any atom is 0.245 e. The highest BCUT2D eigenvalue weighted by Gasteiger charge is 2.35. The van der Waals surface area contributed by atoms with Gasteiger partial charge in [-0.1, -0.05) is 12.1 Å². The molecule has 2 aliphatic rings. The van der Waals surface area contributed by atoms with E-state index < -0.39 is 10.0 Å². The van der Waals surface area contributed by atoms with Crippen molar-refractivity contribution in [2.24, 2.45) is 0 Å². The lowest BCUT2D eigenvalue weighted by Gasteiger charge is -2.17. The molecule has 134 valence electrons. The lowest BCUT2D eigenvalue weighted by molar-refractivity contribution is 0.174. The van der Waals surface area contributed by atoms with Crippen LogP contribution in [0.3, 0.4) is 0 Å². The van der Waals surface area contributed by atoms with Gasteiger partial charge < -0.3 is 9.47 Å². The number of nitrogens with zero attached hydrogens (tertiary/aromatic N) is 3. The number of sulfonamides is 1. The highest BCUT2D eigenvalue weighted by atomic mass is 32.2. The second-order valence-corrected chi connectivity index (χ2v) is 8.78. The Kier molecular flexibility index (Phi) is 3.63. The summed E-state index contributed by atoms with van der Waals surface area (Å²) >= 11 is 1.03. The summed E-state index contributed by atoms with van der Waals surface area (Å²) < 4.78 is 46.9. The van der Waals surface area contributed by atoms with Gasteiger partial charge in [-0.15, -0.1) is 0 Å². The van der Waals surface area contributed by atoms with Crippen LogP contribution in [0.2, 0.25) is 0 Å². The molecule has 7 nitrogen and oxygen atoms in total. The van der Waals surface area contributed by atoms with Gasteiger partial charge in [0.1, 0.15) is 15.9 Å². The summed E-state index contributed by atoms with van der Waals surface area (Å²) in [6.07, 6.45) is 0.768. The Morgan fingerprint density at radius 1 is 1.12 bits per heavy atom. The quantitative estimate of drug-likeness (QED) is 0.685. The van der Waals surface area contributed by atoms with Crippen molar-refractivity contribution in [1.29, 1.82) is 0 Å². The minimum absolute atomic E-state index is 0.132. The minimum atomic E-state index is -3.61. The summed E-state index contributed by atoms with van der Waals surface area (Å²) in [4.78, 5) is 0.232. The molecule has 26 heavy (non-hydrogen) atoms. The van der Waals surface area contributed by atoms with E-state index in [1.165, 1.54) is 4.31 Å². The molecule has 1 atom stereocenters. The molecule has 0 saturated carbocycles. The molecule has 5 rings (SSSR count). The van der Waals surface area contributed by atoms with Crippen LogP contribution >= 0.6 is 11.7 Å². The molecule has 0 amide bonds. The van der Waals surface area contributed by atoms with Crippen LogP contribution in [0.15, 0.2) is 41.3 Å². The molecule has 2 aromatic carbocycles. The Morgan fingerprint density at radius 2 is 2.00 bits per heavy atom. The average Bonchev–Trinajstić information content (AvgIpc) is 3.39.